The van der Waals surface area contributed by atoms with Crippen molar-refractivity contribution >= 4 is 33.8 Å². The van der Waals surface area contributed by atoms with E-state index < -0.39 is 6.09 Å². The van der Waals surface area contributed by atoms with Gasteiger partial charge in [-0.05, 0) is 55.2 Å². The van der Waals surface area contributed by atoms with Crippen molar-refractivity contribution in [1.82, 2.24) is 24.0 Å². The first-order valence-corrected chi connectivity index (χ1v) is 11.4. The highest BCUT2D eigenvalue weighted by Gasteiger charge is 2.33. The summed E-state index contributed by atoms with van der Waals surface area (Å²) in [4.78, 5) is 22.3. The van der Waals surface area contributed by atoms with Crippen LogP contribution in [0, 0.1) is 5.92 Å². The molecule has 0 unspecified atom stereocenters. The summed E-state index contributed by atoms with van der Waals surface area (Å²) in [5.41, 5.74) is 11.1. The minimum atomic E-state index is -0.935. The normalized spacial score (nSPS) is 20.7. The van der Waals surface area contributed by atoms with Crippen LogP contribution in [0.1, 0.15) is 12.8 Å². The maximum atomic E-state index is 11.3. The van der Waals surface area contributed by atoms with Crippen LogP contribution in [0.4, 0.5) is 10.5 Å². The molecular weight excluding hydrogens is 418 g/mol. The first kappa shape index (κ1) is 20.0. The average Bonchev–Trinajstić information content (AvgIpc) is 3.33. The lowest BCUT2D eigenvalue weighted by atomic mass is 10.1. The molecule has 0 spiro atoms. The molecule has 1 aliphatic carbocycles. The van der Waals surface area contributed by atoms with Crippen LogP contribution in [0.2, 0.25) is 0 Å². The highest BCUT2D eigenvalue weighted by Crippen LogP contribution is 2.36. The van der Waals surface area contributed by atoms with Crippen molar-refractivity contribution in [1.29, 1.82) is 0 Å². The Hall–Kier alpha value is -3.59. The lowest BCUT2D eigenvalue weighted by Gasteiger charge is -2.17. The summed E-state index contributed by atoms with van der Waals surface area (Å²) in [5.74, 6) is 1.63. The molecule has 6 rings (SSSR count). The second kappa shape index (κ2) is 7.48. The van der Waals surface area contributed by atoms with Gasteiger partial charge in [-0.3, -0.25) is 0 Å². The van der Waals surface area contributed by atoms with Gasteiger partial charge in [-0.1, -0.05) is 0 Å². The lowest BCUT2D eigenvalue weighted by molar-refractivity contribution is 0.155. The fourth-order valence-corrected chi connectivity index (χ4v) is 4.89. The zero-order valence-electron chi connectivity index (χ0n) is 18.5. The molecule has 3 aromatic heterocycles. The van der Waals surface area contributed by atoms with E-state index in [9.17, 15) is 9.90 Å². The number of benzene rings is 1. The van der Waals surface area contributed by atoms with Crippen molar-refractivity contribution in [2.24, 2.45) is 18.7 Å². The topological polar surface area (TPSA) is 114 Å². The third-order valence-electron chi connectivity index (χ3n) is 6.89. The van der Waals surface area contributed by atoms with Crippen LogP contribution in [0.15, 0.2) is 42.6 Å². The minimum Gasteiger partial charge on any atom is -0.465 e. The van der Waals surface area contributed by atoms with Crippen molar-refractivity contribution in [3.8, 4) is 11.5 Å². The number of fused-ring (bicyclic) bond motifs is 2. The molecule has 1 aliphatic heterocycles. The lowest BCUT2D eigenvalue weighted by Crippen LogP contribution is -2.38. The highest BCUT2D eigenvalue weighted by atomic mass is 16.4. The van der Waals surface area contributed by atoms with Gasteiger partial charge < -0.3 is 30.2 Å². The highest BCUT2D eigenvalue weighted by molar-refractivity contribution is 5.87. The maximum absolute atomic E-state index is 11.3. The summed E-state index contributed by atoms with van der Waals surface area (Å²) < 4.78 is 4.44. The number of imidazole rings is 1. The second-order valence-corrected chi connectivity index (χ2v) is 9.30. The number of aryl methyl sites for hydroxylation is 1. The molecule has 4 heterocycles. The average molecular weight is 446 g/mol. The van der Waals surface area contributed by atoms with Crippen molar-refractivity contribution in [2.75, 3.05) is 18.4 Å². The van der Waals surface area contributed by atoms with Gasteiger partial charge in [0.2, 0.25) is 0 Å². The van der Waals surface area contributed by atoms with Crippen molar-refractivity contribution in [3.63, 3.8) is 0 Å². The fourth-order valence-electron chi connectivity index (χ4n) is 4.89. The molecule has 1 saturated heterocycles. The Morgan fingerprint density at radius 3 is 2.85 bits per heavy atom. The Morgan fingerprint density at radius 1 is 1.24 bits per heavy atom. The van der Waals surface area contributed by atoms with E-state index in [1.807, 2.05) is 31.4 Å². The van der Waals surface area contributed by atoms with Gasteiger partial charge in [0, 0.05) is 50.0 Å². The van der Waals surface area contributed by atoms with Crippen LogP contribution in [0.3, 0.4) is 0 Å². The maximum Gasteiger partial charge on any atom is 0.407 e. The number of nitrogens with zero attached hydrogens (tertiary/aromatic N) is 5. The van der Waals surface area contributed by atoms with Crippen LogP contribution in [-0.4, -0.2) is 60.4 Å². The number of hydrogen-bond donors (Lipinski definition) is 3. The molecule has 33 heavy (non-hydrogen) atoms. The molecule has 9 nitrogen and oxygen atoms in total. The molecule has 2 fully saturated rings. The van der Waals surface area contributed by atoms with Crippen molar-refractivity contribution in [2.45, 2.75) is 31.5 Å². The monoisotopic (exact) mass is 445 g/mol. The van der Waals surface area contributed by atoms with Crippen molar-refractivity contribution < 1.29 is 9.90 Å². The van der Waals surface area contributed by atoms with Gasteiger partial charge in [-0.15, -0.1) is 0 Å². The van der Waals surface area contributed by atoms with Crippen LogP contribution in [0.5, 0.6) is 0 Å². The third-order valence-corrected chi connectivity index (χ3v) is 6.89. The quantitative estimate of drug-likeness (QED) is 0.435. The number of hydrogen-bond acceptors (Lipinski definition) is 5. The Labute approximate surface area is 190 Å². The largest absolute Gasteiger partial charge is 0.465 e. The summed E-state index contributed by atoms with van der Waals surface area (Å²) in [6, 6.07) is 12.0. The smallest absolute Gasteiger partial charge is 0.407 e. The summed E-state index contributed by atoms with van der Waals surface area (Å²) in [6.45, 7) is 1.67. The first-order chi connectivity index (χ1) is 16.0. The van der Waals surface area contributed by atoms with Crippen LogP contribution in [-0.2, 0) is 13.6 Å². The number of nitrogens with one attached hydrogen (secondary N) is 1. The third kappa shape index (κ3) is 3.48. The van der Waals surface area contributed by atoms with Gasteiger partial charge >= 0.3 is 6.09 Å². The molecule has 170 valence electrons. The van der Waals surface area contributed by atoms with E-state index in [4.69, 9.17) is 10.7 Å². The zero-order chi connectivity index (χ0) is 22.7. The fraction of sp³-hybridized carbons (Fsp3) is 0.375. The molecule has 0 bridgehead atoms. The second-order valence-electron chi connectivity index (χ2n) is 9.30. The number of likely N-dealkylation sites (tertiary alicyclic amines) is 1. The minimum absolute atomic E-state index is 0.131. The predicted molar refractivity (Wildman–Crippen MR) is 127 cm³/mol. The van der Waals surface area contributed by atoms with Gasteiger partial charge in [0.05, 0.1) is 22.8 Å². The number of anilines is 1. The summed E-state index contributed by atoms with van der Waals surface area (Å²) in [5, 5.41) is 13.8. The van der Waals surface area contributed by atoms with Gasteiger partial charge in [0.25, 0.3) is 0 Å². The molecule has 9 heteroatoms. The molecule has 2 atom stereocenters. The van der Waals surface area contributed by atoms with Crippen LogP contribution >= 0.6 is 0 Å². The van der Waals surface area contributed by atoms with E-state index in [0.29, 0.717) is 19.0 Å². The van der Waals surface area contributed by atoms with Crippen LogP contribution < -0.4 is 11.1 Å². The van der Waals surface area contributed by atoms with Gasteiger partial charge in [0.15, 0.2) is 5.82 Å². The number of carbonyl (C=O) groups is 1. The first-order valence-electron chi connectivity index (χ1n) is 11.4. The Kier molecular flexibility index (Phi) is 4.55. The number of aromatic nitrogens is 4. The molecule has 1 amide bonds. The Bertz CT molecular complexity index is 1370. The Morgan fingerprint density at radius 2 is 2.09 bits per heavy atom. The standard InChI is InChI=1S/C24H27N7O2/c1-29-20-7-6-16(27-19-13-30(24(32)33)12-17(19)25)10-18(20)28-23(29)21-9-15-3-2-8-26-22(15)31(21)11-14-4-5-14/h2-3,6-10,14,17,19,27H,4-5,11-13,25H2,1H3,(H,32,33)/t17-,19-/m1/s1. The summed E-state index contributed by atoms with van der Waals surface area (Å²) >= 11 is 0. The predicted octanol–water partition coefficient (Wildman–Crippen LogP) is 3.10. The number of pyridine rings is 1. The van der Waals surface area contributed by atoms with Gasteiger partial charge in [0.1, 0.15) is 5.65 Å². The Balaban J connectivity index is 1.36. The molecule has 1 aromatic carbocycles. The van der Waals surface area contributed by atoms with Crippen molar-refractivity contribution in [3.05, 3.63) is 42.6 Å². The van der Waals surface area contributed by atoms with Gasteiger partial charge in [-0.25, -0.2) is 14.8 Å². The van der Waals surface area contributed by atoms with E-state index in [0.717, 1.165) is 45.8 Å². The van der Waals surface area contributed by atoms with E-state index in [2.05, 4.69) is 37.6 Å². The van der Waals surface area contributed by atoms with E-state index in [-0.39, 0.29) is 12.1 Å². The number of amides is 1. The number of carboxylic acid groups (broad SMARTS) is 1. The van der Waals surface area contributed by atoms with Crippen LogP contribution in [0.25, 0.3) is 33.6 Å². The molecular formula is C24H27N7O2. The van der Waals surface area contributed by atoms with Gasteiger partial charge in [-0.2, -0.15) is 0 Å². The van der Waals surface area contributed by atoms with E-state index in [1.54, 1.807) is 0 Å². The molecule has 4 aromatic rings. The molecule has 1 saturated carbocycles. The zero-order valence-corrected chi connectivity index (χ0v) is 18.5. The molecule has 2 aliphatic rings. The summed E-state index contributed by atoms with van der Waals surface area (Å²) in [7, 11) is 2.04. The molecule has 4 N–H and O–H groups in total. The summed E-state index contributed by atoms with van der Waals surface area (Å²) in [6.07, 6.45) is 3.45. The molecule has 0 radical (unpaired) electrons. The number of rotatable bonds is 5. The SMILES string of the molecule is Cn1c(-c2cc3cccnc3n2CC2CC2)nc2cc(N[C@@H]3CN(C(=O)O)C[C@H]3N)ccc21. The van der Waals surface area contributed by atoms with E-state index >= 15 is 0 Å². The number of nitrogens with two attached hydrogens (primary N) is 1. The van der Waals surface area contributed by atoms with E-state index in [1.165, 1.54) is 17.7 Å².